The highest BCUT2D eigenvalue weighted by Gasteiger charge is 2.22. The molecular weight excluding hydrogens is 334 g/mol. The first-order chi connectivity index (χ1) is 11.0. The second-order valence-electron chi connectivity index (χ2n) is 4.92. The summed E-state index contributed by atoms with van der Waals surface area (Å²) in [6.07, 6.45) is 3.07. The Morgan fingerprint density at radius 1 is 1.30 bits per heavy atom. The van der Waals surface area contributed by atoms with Gasteiger partial charge in [0.1, 0.15) is 16.5 Å². The molecule has 0 N–H and O–H groups in total. The van der Waals surface area contributed by atoms with Crippen LogP contribution in [-0.2, 0) is 22.6 Å². The fourth-order valence-corrected chi connectivity index (χ4v) is 4.57. The Bertz CT molecular complexity index is 929. The van der Waals surface area contributed by atoms with E-state index in [4.69, 9.17) is 4.74 Å². The molecular formula is C15H15N3O3S2. The maximum atomic E-state index is 12.4. The van der Waals surface area contributed by atoms with Crippen LogP contribution >= 0.6 is 11.3 Å². The third-order valence-electron chi connectivity index (χ3n) is 3.28. The Hall–Kier alpha value is -2.19. The van der Waals surface area contributed by atoms with Gasteiger partial charge in [0.25, 0.3) is 0 Å². The normalized spacial score (nSPS) is 11.6. The van der Waals surface area contributed by atoms with E-state index in [1.165, 1.54) is 22.1 Å². The van der Waals surface area contributed by atoms with Crippen LogP contribution in [0.15, 0.2) is 47.2 Å². The first-order valence-corrected chi connectivity index (χ1v) is 9.32. The van der Waals surface area contributed by atoms with Crippen molar-refractivity contribution in [3.63, 3.8) is 0 Å². The van der Waals surface area contributed by atoms with Gasteiger partial charge in [-0.3, -0.25) is 0 Å². The van der Waals surface area contributed by atoms with Gasteiger partial charge in [0, 0.05) is 24.8 Å². The number of hydrogen-bond donors (Lipinski definition) is 0. The summed E-state index contributed by atoms with van der Waals surface area (Å²) in [7, 11) is -0.270. The molecule has 0 aliphatic carbocycles. The zero-order valence-electron chi connectivity index (χ0n) is 12.6. The summed E-state index contributed by atoms with van der Waals surface area (Å²) in [5.74, 6) is 0.532. The van der Waals surface area contributed by atoms with Crippen molar-refractivity contribution >= 4 is 21.2 Å². The number of rotatable bonds is 5. The minimum atomic E-state index is -3.52. The van der Waals surface area contributed by atoms with Gasteiger partial charge in [0.15, 0.2) is 0 Å². The lowest BCUT2D eigenvalue weighted by Gasteiger charge is -2.04. The van der Waals surface area contributed by atoms with Crippen molar-refractivity contribution < 1.29 is 13.2 Å². The molecule has 0 aliphatic heterocycles. The predicted molar refractivity (Wildman–Crippen MR) is 88.2 cm³/mol. The van der Waals surface area contributed by atoms with E-state index in [1.807, 2.05) is 24.3 Å². The van der Waals surface area contributed by atoms with Crippen LogP contribution < -0.4 is 4.74 Å². The topological polar surface area (TPSA) is 74.1 Å². The molecule has 2 aromatic heterocycles. The number of ether oxygens (including phenoxy) is 1. The van der Waals surface area contributed by atoms with E-state index in [0.717, 1.165) is 10.6 Å². The average Bonchev–Trinajstić information content (AvgIpc) is 3.16. The van der Waals surface area contributed by atoms with Gasteiger partial charge in [0.2, 0.25) is 15.0 Å². The van der Waals surface area contributed by atoms with Gasteiger partial charge < -0.3 is 9.30 Å². The standard InChI is InChI=1S/C15H15N3O3S2/c1-18-8-7-16-15(18)23(19,20)10-11-9-22-14(17-11)12-5-3-4-6-13(12)21-2/h3-9H,10H2,1-2H3. The number of methoxy groups -OCH3 is 1. The Morgan fingerprint density at radius 2 is 2.09 bits per heavy atom. The molecule has 0 bridgehead atoms. The van der Waals surface area contributed by atoms with Gasteiger partial charge in [-0.05, 0) is 12.1 Å². The van der Waals surface area contributed by atoms with E-state index in [1.54, 1.807) is 25.7 Å². The minimum absolute atomic E-state index is 0.0457. The van der Waals surface area contributed by atoms with Gasteiger partial charge in [-0.15, -0.1) is 11.3 Å². The number of imidazole rings is 1. The van der Waals surface area contributed by atoms with E-state index in [0.29, 0.717) is 11.4 Å². The van der Waals surface area contributed by atoms with Gasteiger partial charge in [-0.2, -0.15) is 0 Å². The molecule has 0 saturated carbocycles. The molecule has 3 aromatic rings. The number of benzene rings is 1. The van der Waals surface area contributed by atoms with Crippen LogP contribution in [-0.4, -0.2) is 30.1 Å². The molecule has 23 heavy (non-hydrogen) atoms. The summed E-state index contributed by atoms with van der Waals surface area (Å²) >= 11 is 1.39. The minimum Gasteiger partial charge on any atom is -0.496 e. The van der Waals surface area contributed by atoms with Crippen molar-refractivity contribution in [1.82, 2.24) is 14.5 Å². The van der Waals surface area contributed by atoms with E-state index >= 15 is 0 Å². The van der Waals surface area contributed by atoms with Crippen LogP contribution in [0.4, 0.5) is 0 Å². The Morgan fingerprint density at radius 3 is 2.78 bits per heavy atom. The lowest BCUT2D eigenvalue weighted by molar-refractivity contribution is 0.416. The quantitative estimate of drug-likeness (QED) is 0.708. The Balaban J connectivity index is 1.90. The monoisotopic (exact) mass is 349 g/mol. The Labute approximate surface area is 138 Å². The highest BCUT2D eigenvalue weighted by atomic mass is 32.2. The fraction of sp³-hybridized carbons (Fsp3) is 0.200. The molecule has 0 fully saturated rings. The number of sulfone groups is 1. The number of hydrogen-bond acceptors (Lipinski definition) is 6. The second-order valence-corrected chi connectivity index (χ2v) is 7.67. The molecule has 6 nitrogen and oxygen atoms in total. The third kappa shape index (κ3) is 3.13. The Kier molecular flexibility index (Phi) is 4.18. The van der Waals surface area contributed by atoms with Crippen LogP contribution in [0.3, 0.4) is 0 Å². The SMILES string of the molecule is COc1ccccc1-c1nc(CS(=O)(=O)c2nccn2C)cs1. The molecule has 120 valence electrons. The summed E-state index contributed by atoms with van der Waals surface area (Å²) in [6.45, 7) is 0. The molecule has 0 saturated heterocycles. The molecule has 3 rings (SSSR count). The van der Waals surface area contributed by atoms with Gasteiger partial charge in [0.05, 0.1) is 18.4 Å². The second kappa shape index (κ2) is 6.13. The highest BCUT2D eigenvalue weighted by Crippen LogP contribution is 2.32. The fourth-order valence-electron chi connectivity index (χ4n) is 2.23. The van der Waals surface area contributed by atoms with Crippen molar-refractivity contribution in [3.8, 4) is 16.3 Å². The number of para-hydroxylation sites is 1. The number of aryl methyl sites for hydroxylation is 1. The van der Waals surface area contributed by atoms with Crippen LogP contribution in [0.25, 0.3) is 10.6 Å². The summed E-state index contributed by atoms with van der Waals surface area (Å²) in [5.41, 5.74) is 1.35. The molecule has 0 atom stereocenters. The summed E-state index contributed by atoms with van der Waals surface area (Å²) in [6, 6.07) is 7.52. The first kappa shape index (κ1) is 15.7. The van der Waals surface area contributed by atoms with E-state index < -0.39 is 9.84 Å². The molecule has 2 heterocycles. The lowest BCUT2D eigenvalue weighted by Crippen LogP contribution is -2.11. The van der Waals surface area contributed by atoms with Crippen molar-refractivity contribution in [1.29, 1.82) is 0 Å². The maximum absolute atomic E-state index is 12.4. The van der Waals surface area contributed by atoms with Crippen LogP contribution in [0.2, 0.25) is 0 Å². The third-order valence-corrected chi connectivity index (χ3v) is 5.83. The zero-order valence-corrected chi connectivity index (χ0v) is 14.3. The molecule has 0 radical (unpaired) electrons. The van der Waals surface area contributed by atoms with E-state index in [9.17, 15) is 8.42 Å². The van der Waals surface area contributed by atoms with Crippen molar-refractivity contribution in [2.75, 3.05) is 7.11 Å². The van der Waals surface area contributed by atoms with Crippen molar-refractivity contribution in [3.05, 3.63) is 47.7 Å². The van der Waals surface area contributed by atoms with Crippen molar-refractivity contribution in [2.45, 2.75) is 10.9 Å². The van der Waals surface area contributed by atoms with Crippen LogP contribution in [0, 0.1) is 0 Å². The molecule has 8 heteroatoms. The molecule has 1 aromatic carbocycles. The predicted octanol–water partition coefficient (Wildman–Crippen LogP) is 2.53. The smallest absolute Gasteiger partial charge is 0.227 e. The van der Waals surface area contributed by atoms with E-state index in [2.05, 4.69) is 9.97 Å². The van der Waals surface area contributed by atoms with Gasteiger partial charge >= 0.3 is 0 Å². The highest BCUT2D eigenvalue weighted by molar-refractivity contribution is 7.90. The molecule has 0 spiro atoms. The largest absolute Gasteiger partial charge is 0.496 e. The first-order valence-electron chi connectivity index (χ1n) is 6.79. The molecule has 0 unspecified atom stereocenters. The van der Waals surface area contributed by atoms with Gasteiger partial charge in [-0.1, -0.05) is 12.1 Å². The number of aromatic nitrogens is 3. The zero-order chi connectivity index (χ0) is 16.4. The number of nitrogens with zero attached hydrogens (tertiary/aromatic N) is 3. The average molecular weight is 349 g/mol. The summed E-state index contributed by atoms with van der Waals surface area (Å²) in [5, 5.41) is 2.53. The molecule has 0 aliphatic rings. The molecule has 0 amide bonds. The van der Waals surface area contributed by atoms with Crippen molar-refractivity contribution in [2.24, 2.45) is 7.05 Å². The van der Waals surface area contributed by atoms with E-state index in [-0.39, 0.29) is 10.9 Å². The number of thiazole rings is 1. The van der Waals surface area contributed by atoms with Crippen LogP contribution in [0.5, 0.6) is 5.75 Å². The lowest BCUT2D eigenvalue weighted by atomic mass is 10.2. The van der Waals surface area contributed by atoms with Gasteiger partial charge in [-0.25, -0.2) is 18.4 Å². The summed E-state index contributed by atoms with van der Waals surface area (Å²) in [4.78, 5) is 8.34. The maximum Gasteiger partial charge on any atom is 0.227 e. The summed E-state index contributed by atoms with van der Waals surface area (Å²) < 4.78 is 31.6. The van der Waals surface area contributed by atoms with Crippen LogP contribution in [0.1, 0.15) is 5.69 Å².